The van der Waals surface area contributed by atoms with E-state index >= 15 is 0 Å². The summed E-state index contributed by atoms with van der Waals surface area (Å²) < 4.78 is 0. The van der Waals surface area contributed by atoms with Crippen molar-refractivity contribution in [2.45, 2.75) is 38.6 Å². The van der Waals surface area contributed by atoms with Crippen LogP contribution in [0.3, 0.4) is 0 Å². The molecule has 0 spiro atoms. The molecule has 5 heteroatoms. The van der Waals surface area contributed by atoms with Gasteiger partial charge in [-0.15, -0.1) is 0 Å². The molecule has 3 amide bonds. The summed E-state index contributed by atoms with van der Waals surface area (Å²) in [5.41, 5.74) is 0. The highest BCUT2D eigenvalue weighted by atomic mass is 16.2. The molecule has 0 aromatic rings. The van der Waals surface area contributed by atoms with Gasteiger partial charge >= 0.3 is 6.03 Å². The Morgan fingerprint density at radius 3 is 2.35 bits per heavy atom. The zero-order valence-corrected chi connectivity index (χ0v) is 10.4. The number of hydrogen-bond donors (Lipinski definition) is 1. The minimum Gasteiger partial charge on any atom is -0.352 e. The van der Waals surface area contributed by atoms with E-state index in [1.165, 1.54) is 6.92 Å². The fraction of sp³-hybridized carbons (Fsp3) is 0.833. The van der Waals surface area contributed by atoms with Crippen molar-refractivity contribution in [3.05, 3.63) is 0 Å². The second kappa shape index (κ2) is 5.38. The van der Waals surface area contributed by atoms with E-state index in [1.54, 1.807) is 0 Å². The first kappa shape index (κ1) is 12.2. The summed E-state index contributed by atoms with van der Waals surface area (Å²) >= 11 is 0. The first-order valence-corrected chi connectivity index (χ1v) is 6.48. The maximum Gasteiger partial charge on any atom is 0.320 e. The third-order valence-corrected chi connectivity index (χ3v) is 3.48. The lowest BCUT2D eigenvalue weighted by Gasteiger charge is -2.35. The fourth-order valence-electron chi connectivity index (χ4n) is 2.66. The maximum atomic E-state index is 12.2. The van der Waals surface area contributed by atoms with Crippen molar-refractivity contribution in [1.29, 1.82) is 0 Å². The number of likely N-dealkylation sites (tertiary alicyclic amines) is 2. The van der Waals surface area contributed by atoms with Crippen LogP contribution < -0.4 is 5.32 Å². The molecule has 2 fully saturated rings. The summed E-state index contributed by atoms with van der Waals surface area (Å²) in [6.07, 6.45) is 4.19. The quantitative estimate of drug-likeness (QED) is 0.736. The smallest absolute Gasteiger partial charge is 0.320 e. The minimum atomic E-state index is -0.00882. The molecule has 5 nitrogen and oxygen atoms in total. The van der Waals surface area contributed by atoms with Gasteiger partial charge < -0.3 is 15.1 Å². The number of carbonyl (C=O) groups is 2. The Morgan fingerprint density at radius 2 is 1.71 bits per heavy atom. The average Bonchev–Trinajstić information content (AvgIpc) is 2.81. The number of nitrogens with zero attached hydrogens (tertiary/aromatic N) is 2. The van der Waals surface area contributed by atoms with Crippen LogP contribution in [-0.2, 0) is 4.79 Å². The van der Waals surface area contributed by atoms with Crippen molar-refractivity contribution in [3.8, 4) is 0 Å². The topological polar surface area (TPSA) is 52.7 Å². The van der Waals surface area contributed by atoms with Crippen LogP contribution in [0.1, 0.15) is 32.6 Å². The van der Waals surface area contributed by atoms with Crippen molar-refractivity contribution >= 4 is 11.9 Å². The number of nitrogens with one attached hydrogen (secondary N) is 1. The van der Waals surface area contributed by atoms with Gasteiger partial charge in [-0.1, -0.05) is 0 Å². The lowest BCUT2D eigenvalue weighted by molar-refractivity contribution is -0.119. The number of carbonyl (C=O) groups excluding carboxylic acids is 2. The molecule has 2 aliphatic heterocycles. The van der Waals surface area contributed by atoms with Crippen LogP contribution in [0.5, 0.6) is 0 Å². The van der Waals surface area contributed by atoms with Gasteiger partial charge in [0.05, 0.1) is 0 Å². The summed E-state index contributed by atoms with van der Waals surface area (Å²) in [6.45, 7) is 4.79. The first-order chi connectivity index (χ1) is 8.16. The molecule has 2 saturated heterocycles. The van der Waals surface area contributed by atoms with E-state index in [2.05, 4.69) is 5.32 Å². The Hall–Kier alpha value is -1.26. The van der Waals surface area contributed by atoms with Crippen LogP contribution in [0, 0.1) is 0 Å². The SMILES string of the molecule is CC(=O)NC1CCCN(C(=O)N2CCCC2)C1. The fourth-order valence-corrected chi connectivity index (χ4v) is 2.66. The second-order valence-electron chi connectivity index (χ2n) is 4.96. The Labute approximate surface area is 102 Å². The molecule has 0 aliphatic carbocycles. The van der Waals surface area contributed by atoms with E-state index in [4.69, 9.17) is 0 Å². The normalized spacial score (nSPS) is 24.9. The van der Waals surface area contributed by atoms with Gasteiger partial charge in [0.15, 0.2) is 0 Å². The van der Waals surface area contributed by atoms with Gasteiger partial charge in [-0.25, -0.2) is 4.79 Å². The summed E-state index contributed by atoms with van der Waals surface area (Å²) in [6, 6.07) is 0.283. The number of amides is 3. The van der Waals surface area contributed by atoms with Crippen LogP contribution >= 0.6 is 0 Å². The predicted octanol–water partition coefficient (Wildman–Crippen LogP) is 0.803. The highest BCUT2D eigenvalue weighted by molar-refractivity contribution is 5.75. The molecule has 2 rings (SSSR count). The Kier molecular flexibility index (Phi) is 3.86. The molecule has 0 radical (unpaired) electrons. The van der Waals surface area contributed by atoms with Crippen molar-refractivity contribution in [1.82, 2.24) is 15.1 Å². The largest absolute Gasteiger partial charge is 0.352 e. The molecular weight excluding hydrogens is 218 g/mol. The number of hydrogen-bond acceptors (Lipinski definition) is 2. The summed E-state index contributed by atoms with van der Waals surface area (Å²) in [5.74, 6) is -0.00882. The number of urea groups is 1. The third kappa shape index (κ3) is 3.11. The van der Waals surface area contributed by atoms with E-state index in [-0.39, 0.29) is 18.0 Å². The van der Waals surface area contributed by atoms with Gasteiger partial charge in [0.2, 0.25) is 5.91 Å². The molecule has 1 atom stereocenters. The highest BCUT2D eigenvalue weighted by Crippen LogP contribution is 2.15. The zero-order chi connectivity index (χ0) is 12.3. The van der Waals surface area contributed by atoms with E-state index in [9.17, 15) is 9.59 Å². The zero-order valence-electron chi connectivity index (χ0n) is 10.4. The van der Waals surface area contributed by atoms with Crippen molar-refractivity contribution in [2.75, 3.05) is 26.2 Å². The monoisotopic (exact) mass is 239 g/mol. The molecule has 2 aliphatic rings. The van der Waals surface area contributed by atoms with Crippen LogP contribution in [0.2, 0.25) is 0 Å². The molecule has 2 heterocycles. The molecule has 96 valence electrons. The number of piperidine rings is 1. The minimum absolute atomic E-state index is 0.00882. The average molecular weight is 239 g/mol. The lowest BCUT2D eigenvalue weighted by Crippen LogP contribution is -2.52. The molecule has 0 aromatic carbocycles. The van der Waals surface area contributed by atoms with Gasteiger partial charge in [0, 0.05) is 39.1 Å². The summed E-state index contributed by atoms with van der Waals surface area (Å²) in [4.78, 5) is 27.0. The predicted molar refractivity (Wildman–Crippen MR) is 64.6 cm³/mol. The Morgan fingerprint density at radius 1 is 1.06 bits per heavy atom. The molecule has 17 heavy (non-hydrogen) atoms. The van der Waals surface area contributed by atoms with E-state index in [1.807, 2.05) is 9.80 Å². The van der Waals surface area contributed by atoms with E-state index in [0.717, 1.165) is 45.3 Å². The van der Waals surface area contributed by atoms with Crippen LogP contribution in [-0.4, -0.2) is 54.0 Å². The van der Waals surface area contributed by atoms with Gasteiger partial charge in [0.25, 0.3) is 0 Å². The van der Waals surface area contributed by atoms with Crippen LogP contribution in [0.15, 0.2) is 0 Å². The first-order valence-electron chi connectivity index (χ1n) is 6.48. The van der Waals surface area contributed by atoms with Gasteiger partial charge in [-0.2, -0.15) is 0 Å². The van der Waals surface area contributed by atoms with Gasteiger partial charge in [-0.05, 0) is 25.7 Å². The standard InChI is InChI=1S/C12H21N3O2/c1-10(16)13-11-5-4-8-15(9-11)12(17)14-6-2-3-7-14/h11H,2-9H2,1H3,(H,13,16). The van der Waals surface area contributed by atoms with E-state index in [0.29, 0.717) is 6.54 Å². The molecule has 0 saturated carbocycles. The second-order valence-corrected chi connectivity index (χ2v) is 4.96. The molecule has 1 unspecified atom stereocenters. The Balaban J connectivity index is 1.87. The van der Waals surface area contributed by atoms with Crippen molar-refractivity contribution < 1.29 is 9.59 Å². The lowest BCUT2D eigenvalue weighted by atomic mass is 10.1. The molecule has 0 aromatic heterocycles. The van der Waals surface area contributed by atoms with Crippen LogP contribution in [0.25, 0.3) is 0 Å². The summed E-state index contributed by atoms with van der Waals surface area (Å²) in [5, 5.41) is 2.91. The van der Waals surface area contributed by atoms with Crippen LogP contribution in [0.4, 0.5) is 4.79 Å². The van der Waals surface area contributed by atoms with Crippen molar-refractivity contribution in [2.24, 2.45) is 0 Å². The third-order valence-electron chi connectivity index (χ3n) is 3.48. The van der Waals surface area contributed by atoms with Gasteiger partial charge in [0.1, 0.15) is 0 Å². The Bertz CT molecular complexity index is 300. The summed E-state index contributed by atoms with van der Waals surface area (Å²) in [7, 11) is 0. The highest BCUT2D eigenvalue weighted by Gasteiger charge is 2.28. The molecule has 0 bridgehead atoms. The van der Waals surface area contributed by atoms with Crippen molar-refractivity contribution in [3.63, 3.8) is 0 Å². The molecular formula is C12H21N3O2. The number of rotatable bonds is 1. The van der Waals surface area contributed by atoms with E-state index < -0.39 is 0 Å². The van der Waals surface area contributed by atoms with Gasteiger partial charge in [-0.3, -0.25) is 4.79 Å². The molecule has 1 N–H and O–H groups in total. The maximum absolute atomic E-state index is 12.2.